The third kappa shape index (κ3) is 6.05. The van der Waals surface area contributed by atoms with Crippen molar-refractivity contribution in [2.75, 3.05) is 0 Å². The molecule has 0 amide bonds. The third-order valence-electron chi connectivity index (χ3n) is 2.99. The molecule has 1 aromatic carbocycles. The molecule has 0 aliphatic heterocycles. The predicted molar refractivity (Wildman–Crippen MR) is 76.5 cm³/mol. The lowest BCUT2D eigenvalue weighted by atomic mass is 10.0. The fourth-order valence-corrected chi connectivity index (χ4v) is 2.11. The van der Waals surface area contributed by atoms with Gasteiger partial charge in [-0.2, -0.15) is 5.26 Å². The van der Waals surface area contributed by atoms with Gasteiger partial charge in [0.05, 0.1) is 6.07 Å². The predicted octanol–water partition coefficient (Wildman–Crippen LogP) is 4.29. The molecule has 1 aromatic rings. The number of halogens is 1. The molecule has 0 radical (unpaired) electrons. The summed E-state index contributed by atoms with van der Waals surface area (Å²) in [6.07, 6.45) is 5.05. The molecular formula is C15H21ClN2. The highest BCUT2D eigenvalue weighted by Gasteiger charge is 2.06. The molecule has 2 nitrogen and oxygen atoms in total. The van der Waals surface area contributed by atoms with Crippen LogP contribution in [0.2, 0.25) is 5.02 Å². The first kappa shape index (κ1) is 15.0. The van der Waals surface area contributed by atoms with Crippen molar-refractivity contribution in [1.82, 2.24) is 5.32 Å². The number of hydrogen-bond donors (Lipinski definition) is 1. The zero-order valence-corrected chi connectivity index (χ0v) is 11.7. The average molecular weight is 265 g/mol. The van der Waals surface area contributed by atoms with Crippen molar-refractivity contribution in [2.45, 2.75) is 51.6 Å². The summed E-state index contributed by atoms with van der Waals surface area (Å²) in [5.74, 6) is 0. The van der Waals surface area contributed by atoms with Crippen LogP contribution >= 0.6 is 11.6 Å². The molecule has 0 aliphatic rings. The van der Waals surface area contributed by atoms with Crippen molar-refractivity contribution in [3.05, 3.63) is 34.9 Å². The quantitative estimate of drug-likeness (QED) is 0.711. The van der Waals surface area contributed by atoms with E-state index in [-0.39, 0.29) is 0 Å². The van der Waals surface area contributed by atoms with Gasteiger partial charge in [0.15, 0.2) is 0 Å². The molecule has 0 aliphatic carbocycles. The summed E-state index contributed by atoms with van der Waals surface area (Å²) in [7, 11) is 0. The van der Waals surface area contributed by atoms with Crippen molar-refractivity contribution < 1.29 is 0 Å². The highest BCUT2D eigenvalue weighted by molar-refractivity contribution is 6.30. The van der Waals surface area contributed by atoms with Crippen LogP contribution in [0, 0.1) is 11.3 Å². The van der Waals surface area contributed by atoms with Crippen LogP contribution in [-0.2, 0) is 6.54 Å². The molecular weight excluding hydrogens is 244 g/mol. The first-order chi connectivity index (χ1) is 8.76. The molecule has 98 valence electrons. The Balaban J connectivity index is 2.36. The fraction of sp³-hybridized carbons (Fsp3) is 0.533. The van der Waals surface area contributed by atoms with Crippen molar-refractivity contribution in [3.63, 3.8) is 0 Å². The molecule has 0 spiro atoms. The van der Waals surface area contributed by atoms with Gasteiger partial charge in [-0.1, -0.05) is 37.1 Å². The molecule has 1 atom stereocenters. The Morgan fingerprint density at radius 3 is 2.61 bits per heavy atom. The minimum atomic E-state index is 0.513. The van der Waals surface area contributed by atoms with Gasteiger partial charge in [0.1, 0.15) is 0 Å². The van der Waals surface area contributed by atoms with Gasteiger partial charge in [-0.3, -0.25) is 0 Å². The molecule has 0 saturated heterocycles. The molecule has 0 heterocycles. The summed E-state index contributed by atoms with van der Waals surface area (Å²) < 4.78 is 0. The van der Waals surface area contributed by atoms with Crippen LogP contribution in [0.5, 0.6) is 0 Å². The lowest BCUT2D eigenvalue weighted by molar-refractivity contribution is 0.438. The highest BCUT2D eigenvalue weighted by Crippen LogP contribution is 2.11. The van der Waals surface area contributed by atoms with Gasteiger partial charge in [-0.25, -0.2) is 0 Å². The molecule has 18 heavy (non-hydrogen) atoms. The number of nitrogens with zero attached hydrogens (tertiary/aromatic N) is 1. The van der Waals surface area contributed by atoms with E-state index in [1.807, 2.05) is 24.3 Å². The number of rotatable bonds is 8. The van der Waals surface area contributed by atoms with E-state index >= 15 is 0 Å². The van der Waals surface area contributed by atoms with E-state index in [0.29, 0.717) is 12.5 Å². The van der Waals surface area contributed by atoms with Crippen LogP contribution < -0.4 is 5.32 Å². The Hall–Kier alpha value is -1.04. The Labute approximate surface area is 115 Å². The maximum absolute atomic E-state index is 8.56. The Morgan fingerprint density at radius 1 is 1.28 bits per heavy atom. The fourth-order valence-electron chi connectivity index (χ4n) is 1.99. The lowest BCUT2D eigenvalue weighted by Gasteiger charge is -2.17. The Kier molecular flexibility index (Phi) is 7.48. The number of unbranched alkanes of at least 4 members (excludes halogenated alkanes) is 1. The third-order valence-corrected chi connectivity index (χ3v) is 3.24. The van der Waals surface area contributed by atoms with E-state index in [0.717, 1.165) is 24.4 Å². The summed E-state index contributed by atoms with van der Waals surface area (Å²) in [6.45, 7) is 3.07. The van der Waals surface area contributed by atoms with Crippen LogP contribution in [0.15, 0.2) is 24.3 Å². The average Bonchev–Trinajstić information content (AvgIpc) is 2.38. The van der Waals surface area contributed by atoms with Gasteiger partial charge in [-0.05, 0) is 37.0 Å². The second-order valence-corrected chi connectivity index (χ2v) is 4.98. The van der Waals surface area contributed by atoms with E-state index in [1.165, 1.54) is 18.4 Å². The molecule has 0 unspecified atom stereocenters. The highest BCUT2D eigenvalue weighted by atomic mass is 35.5. The van der Waals surface area contributed by atoms with Crippen LogP contribution in [0.25, 0.3) is 0 Å². The summed E-state index contributed by atoms with van der Waals surface area (Å²) in [6, 6.07) is 10.7. The summed E-state index contributed by atoms with van der Waals surface area (Å²) >= 11 is 5.86. The zero-order chi connectivity index (χ0) is 13.2. The molecule has 3 heteroatoms. The van der Waals surface area contributed by atoms with Gasteiger partial charge in [0.25, 0.3) is 0 Å². The molecule has 0 fully saturated rings. The minimum absolute atomic E-state index is 0.513. The van der Waals surface area contributed by atoms with Gasteiger partial charge < -0.3 is 5.32 Å². The van der Waals surface area contributed by atoms with Crippen LogP contribution in [0.3, 0.4) is 0 Å². The van der Waals surface area contributed by atoms with E-state index in [4.69, 9.17) is 16.9 Å². The maximum Gasteiger partial charge on any atom is 0.0621 e. The van der Waals surface area contributed by atoms with Crippen molar-refractivity contribution in [2.24, 2.45) is 0 Å². The molecule has 0 saturated carbocycles. The van der Waals surface area contributed by atoms with Crippen molar-refractivity contribution in [1.29, 1.82) is 5.26 Å². The van der Waals surface area contributed by atoms with Gasteiger partial charge in [-0.15, -0.1) is 0 Å². The summed E-state index contributed by atoms with van der Waals surface area (Å²) in [5, 5.41) is 12.9. The summed E-state index contributed by atoms with van der Waals surface area (Å²) in [5.41, 5.74) is 1.25. The Morgan fingerprint density at radius 2 is 2.00 bits per heavy atom. The molecule has 1 N–H and O–H groups in total. The summed E-state index contributed by atoms with van der Waals surface area (Å²) in [4.78, 5) is 0. The van der Waals surface area contributed by atoms with Crippen molar-refractivity contribution >= 4 is 11.6 Å². The number of benzene rings is 1. The minimum Gasteiger partial charge on any atom is -0.310 e. The number of nitriles is 1. The largest absolute Gasteiger partial charge is 0.310 e. The topological polar surface area (TPSA) is 35.8 Å². The number of hydrogen-bond acceptors (Lipinski definition) is 2. The van der Waals surface area contributed by atoms with Crippen molar-refractivity contribution in [3.8, 4) is 6.07 Å². The zero-order valence-electron chi connectivity index (χ0n) is 11.0. The monoisotopic (exact) mass is 264 g/mol. The first-order valence-electron chi connectivity index (χ1n) is 6.61. The van der Waals surface area contributed by atoms with E-state index in [9.17, 15) is 0 Å². The molecule has 0 aromatic heterocycles. The first-order valence-corrected chi connectivity index (χ1v) is 6.98. The van der Waals surface area contributed by atoms with Gasteiger partial charge in [0, 0.05) is 24.0 Å². The SMILES string of the molecule is CCC[C@H](CCCC#N)NCc1ccc(Cl)cc1. The van der Waals surface area contributed by atoms with Gasteiger partial charge in [0.2, 0.25) is 0 Å². The second-order valence-electron chi connectivity index (χ2n) is 4.54. The molecule has 0 bridgehead atoms. The standard InChI is InChI=1S/C15H21ClN2/c1-2-5-15(6-3-4-11-17)18-12-13-7-9-14(16)10-8-13/h7-10,15,18H,2-6,12H2,1H3/t15-/m1/s1. The van der Waals surface area contributed by atoms with E-state index in [2.05, 4.69) is 18.3 Å². The number of nitrogens with one attached hydrogen (secondary N) is 1. The van der Waals surface area contributed by atoms with Crippen LogP contribution in [-0.4, -0.2) is 6.04 Å². The van der Waals surface area contributed by atoms with E-state index in [1.54, 1.807) is 0 Å². The van der Waals surface area contributed by atoms with Crippen LogP contribution in [0.1, 0.15) is 44.6 Å². The maximum atomic E-state index is 8.56. The lowest BCUT2D eigenvalue weighted by Crippen LogP contribution is -2.28. The van der Waals surface area contributed by atoms with Crippen LogP contribution in [0.4, 0.5) is 0 Å². The smallest absolute Gasteiger partial charge is 0.0621 e. The molecule has 1 rings (SSSR count). The van der Waals surface area contributed by atoms with Gasteiger partial charge >= 0.3 is 0 Å². The van der Waals surface area contributed by atoms with E-state index < -0.39 is 0 Å². The second kappa shape index (κ2) is 8.97. The Bertz CT molecular complexity index is 367. The normalized spacial score (nSPS) is 12.1.